The maximum atomic E-state index is 13.6. The minimum absolute atomic E-state index is 0.0370. The van der Waals surface area contributed by atoms with E-state index in [1.807, 2.05) is 66.7 Å². The molecule has 5 rings (SSSR count). The molecule has 3 aromatic carbocycles. The Morgan fingerprint density at radius 2 is 1.00 bits per heavy atom. The van der Waals surface area contributed by atoms with E-state index >= 15 is 0 Å². The first kappa shape index (κ1) is 19.5. The molecule has 0 unspecified atom stereocenters. The third kappa shape index (κ3) is 3.61. The Morgan fingerprint density at radius 1 is 0.581 bits per heavy atom. The molecule has 1 fully saturated rings. The van der Waals surface area contributed by atoms with Gasteiger partial charge in [0.2, 0.25) is 11.8 Å². The number of hydrogen-bond donors (Lipinski definition) is 0. The van der Waals surface area contributed by atoms with E-state index in [1.54, 1.807) is 0 Å². The molecule has 0 spiro atoms. The zero-order chi connectivity index (χ0) is 21.2. The van der Waals surface area contributed by atoms with Crippen molar-refractivity contribution in [3.8, 4) is 0 Å². The summed E-state index contributed by atoms with van der Waals surface area (Å²) in [6.07, 6.45) is 4.96. The van der Waals surface area contributed by atoms with Crippen LogP contribution in [0.5, 0.6) is 0 Å². The molecule has 0 aromatic heterocycles. The van der Waals surface area contributed by atoms with E-state index < -0.39 is 0 Å². The maximum Gasteiger partial charge on any atom is 0.234 e. The van der Waals surface area contributed by atoms with Crippen LogP contribution in [0.3, 0.4) is 0 Å². The average Bonchev–Trinajstić information content (AvgIpc) is 3.09. The van der Waals surface area contributed by atoms with Crippen LogP contribution in [0.15, 0.2) is 103 Å². The van der Waals surface area contributed by atoms with Crippen molar-refractivity contribution in [3.05, 3.63) is 120 Å². The summed E-state index contributed by atoms with van der Waals surface area (Å²) in [5, 5.41) is 0. The highest BCUT2D eigenvalue weighted by Gasteiger charge is 2.54. The first-order valence-electron chi connectivity index (χ1n) is 10.9. The van der Waals surface area contributed by atoms with Crippen molar-refractivity contribution in [1.29, 1.82) is 0 Å². The van der Waals surface area contributed by atoms with Gasteiger partial charge in [0.15, 0.2) is 0 Å². The van der Waals surface area contributed by atoms with Crippen molar-refractivity contribution in [2.75, 3.05) is 6.54 Å². The summed E-state index contributed by atoms with van der Waals surface area (Å²) < 4.78 is 0. The highest BCUT2D eigenvalue weighted by molar-refractivity contribution is 6.06. The van der Waals surface area contributed by atoms with Crippen molar-refractivity contribution >= 4 is 11.8 Å². The van der Waals surface area contributed by atoms with Gasteiger partial charge in [0, 0.05) is 18.4 Å². The Morgan fingerprint density at radius 3 is 1.45 bits per heavy atom. The number of nitrogens with zero attached hydrogens (tertiary/aromatic N) is 1. The number of likely N-dealkylation sites (tertiary alicyclic amines) is 1. The summed E-state index contributed by atoms with van der Waals surface area (Å²) >= 11 is 0. The normalized spacial score (nSPS) is 25.0. The second kappa shape index (κ2) is 8.35. The summed E-state index contributed by atoms with van der Waals surface area (Å²) in [5.41, 5.74) is 3.31. The molecule has 1 aliphatic heterocycles. The van der Waals surface area contributed by atoms with Crippen molar-refractivity contribution in [1.82, 2.24) is 4.90 Å². The molecule has 1 heterocycles. The lowest BCUT2D eigenvalue weighted by molar-refractivity contribution is -0.139. The molecule has 3 nitrogen and oxygen atoms in total. The molecule has 2 aliphatic rings. The third-order valence-electron chi connectivity index (χ3n) is 6.62. The maximum absolute atomic E-state index is 13.6. The van der Waals surface area contributed by atoms with Gasteiger partial charge in [-0.1, -0.05) is 103 Å². The molecule has 3 heteroatoms. The van der Waals surface area contributed by atoms with E-state index in [-0.39, 0.29) is 35.5 Å². The Hall–Kier alpha value is -3.46. The first-order valence-corrected chi connectivity index (χ1v) is 10.9. The van der Waals surface area contributed by atoms with Crippen LogP contribution in [0, 0.1) is 11.8 Å². The predicted molar refractivity (Wildman–Crippen MR) is 121 cm³/mol. The van der Waals surface area contributed by atoms with Crippen molar-refractivity contribution in [2.45, 2.75) is 18.3 Å². The highest BCUT2D eigenvalue weighted by Crippen LogP contribution is 2.49. The molecule has 1 saturated heterocycles. The topological polar surface area (TPSA) is 37.4 Å². The van der Waals surface area contributed by atoms with Gasteiger partial charge in [0.25, 0.3) is 0 Å². The van der Waals surface area contributed by atoms with Crippen LogP contribution >= 0.6 is 0 Å². The smallest absolute Gasteiger partial charge is 0.234 e. The number of carbonyl (C=O) groups excluding carboxylic acids is 2. The summed E-state index contributed by atoms with van der Waals surface area (Å²) in [4.78, 5) is 28.7. The number of allylic oxidation sites excluding steroid dienone is 2. The Kier molecular flexibility index (Phi) is 5.25. The van der Waals surface area contributed by atoms with E-state index in [0.717, 1.165) is 16.7 Å². The molecule has 0 bridgehead atoms. The molecular formula is C28H25NO2. The number of benzene rings is 3. The highest BCUT2D eigenvalue weighted by atomic mass is 16.2. The number of imide groups is 1. The Bertz CT molecular complexity index is 1020. The third-order valence-corrected chi connectivity index (χ3v) is 6.62. The van der Waals surface area contributed by atoms with E-state index in [1.165, 1.54) is 4.90 Å². The summed E-state index contributed by atoms with van der Waals surface area (Å²) in [6.45, 7) is 0.428. The SMILES string of the molecule is O=C1[C@@H]2[C@H](C(=O)N1CCc1ccccc1)[C@@H](c1ccccc1)C=C[C@@H]2c1ccccc1. The zero-order valence-corrected chi connectivity index (χ0v) is 17.3. The molecule has 1 aliphatic carbocycles. The molecule has 31 heavy (non-hydrogen) atoms. The molecule has 3 aromatic rings. The van der Waals surface area contributed by atoms with Gasteiger partial charge < -0.3 is 0 Å². The predicted octanol–water partition coefficient (Wildman–Crippen LogP) is 4.97. The second-order valence-electron chi connectivity index (χ2n) is 8.37. The van der Waals surface area contributed by atoms with Gasteiger partial charge in [-0.15, -0.1) is 0 Å². The fourth-order valence-electron chi connectivity index (χ4n) is 5.10. The Labute approximate surface area is 183 Å². The fraction of sp³-hybridized carbons (Fsp3) is 0.214. The quantitative estimate of drug-likeness (QED) is 0.442. The number of hydrogen-bond acceptors (Lipinski definition) is 2. The van der Waals surface area contributed by atoms with E-state index in [0.29, 0.717) is 13.0 Å². The van der Waals surface area contributed by atoms with Crippen LogP contribution in [-0.4, -0.2) is 23.3 Å². The van der Waals surface area contributed by atoms with Gasteiger partial charge in [0.1, 0.15) is 0 Å². The lowest BCUT2D eigenvalue weighted by atomic mass is 9.68. The number of fused-ring (bicyclic) bond motifs is 1. The number of carbonyl (C=O) groups is 2. The van der Waals surface area contributed by atoms with Crippen LogP contribution in [0.25, 0.3) is 0 Å². The molecule has 154 valence electrons. The average molecular weight is 408 g/mol. The van der Waals surface area contributed by atoms with Crippen LogP contribution < -0.4 is 0 Å². The second-order valence-corrected chi connectivity index (χ2v) is 8.37. The van der Waals surface area contributed by atoms with Crippen molar-refractivity contribution < 1.29 is 9.59 Å². The van der Waals surface area contributed by atoms with E-state index in [9.17, 15) is 9.59 Å². The summed E-state index contributed by atoms with van der Waals surface area (Å²) in [5.74, 6) is -0.953. The lowest BCUT2D eigenvalue weighted by Crippen LogP contribution is -2.33. The van der Waals surface area contributed by atoms with Crippen molar-refractivity contribution in [3.63, 3.8) is 0 Å². The fourth-order valence-corrected chi connectivity index (χ4v) is 5.10. The van der Waals surface area contributed by atoms with Gasteiger partial charge >= 0.3 is 0 Å². The van der Waals surface area contributed by atoms with Crippen molar-refractivity contribution in [2.24, 2.45) is 11.8 Å². The molecular weight excluding hydrogens is 382 g/mol. The molecule has 4 atom stereocenters. The number of amides is 2. The minimum atomic E-state index is -0.360. The van der Waals surface area contributed by atoms with E-state index in [4.69, 9.17) is 0 Å². The minimum Gasteiger partial charge on any atom is -0.282 e. The summed E-state index contributed by atoms with van der Waals surface area (Å²) in [6, 6.07) is 30.2. The van der Waals surface area contributed by atoms with Crippen LogP contribution in [0.2, 0.25) is 0 Å². The molecule has 0 radical (unpaired) electrons. The molecule has 2 amide bonds. The van der Waals surface area contributed by atoms with Crippen LogP contribution in [0.1, 0.15) is 28.5 Å². The van der Waals surface area contributed by atoms with Gasteiger partial charge in [-0.3, -0.25) is 14.5 Å². The van der Waals surface area contributed by atoms with Crippen LogP contribution in [0.4, 0.5) is 0 Å². The lowest BCUT2D eigenvalue weighted by Gasteiger charge is -2.32. The zero-order valence-electron chi connectivity index (χ0n) is 17.3. The number of rotatable bonds is 5. The molecule has 0 N–H and O–H groups in total. The molecule has 0 saturated carbocycles. The van der Waals surface area contributed by atoms with Crippen LogP contribution in [-0.2, 0) is 16.0 Å². The van der Waals surface area contributed by atoms with E-state index in [2.05, 4.69) is 36.4 Å². The van der Waals surface area contributed by atoms with Gasteiger partial charge in [0.05, 0.1) is 11.8 Å². The Balaban J connectivity index is 1.50. The van der Waals surface area contributed by atoms with Gasteiger partial charge in [-0.25, -0.2) is 0 Å². The monoisotopic (exact) mass is 407 g/mol. The van der Waals surface area contributed by atoms with Gasteiger partial charge in [-0.2, -0.15) is 0 Å². The standard InChI is InChI=1S/C28H25NO2/c30-27-25-23(21-12-6-2-7-13-21)16-17-24(22-14-8-3-9-15-22)26(25)28(31)29(27)19-18-20-10-4-1-5-11-20/h1-17,23-26H,18-19H2/t23-,24-,25-,26+/m1/s1. The van der Waals surface area contributed by atoms with Gasteiger partial charge in [-0.05, 0) is 23.1 Å². The largest absolute Gasteiger partial charge is 0.282 e. The summed E-state index contributed by atoms with van der Waals surface area (Å²) in [7, 11) is 0. The first-order chi connectivity index (χ1) is 15.2.